The number of rotatable bonds is 5. The minimum Gasteiger partial charge on any atom is -0.344 e. The number of aromatic nitrogens is 2. The van der Waals surface area contributed by atoms with E-state index >= 15 is 0 Å². The van der Waals surface area contributed by atoms with Crippen molar-refractivity contribution in [2.45, 2.75) is 37.5 Å². The molecule has 0 spiro atoms. The number of halogens is 4. The van der Waals surface area contributed by atoms with Crippen molar-refractivity contribution in [2.75, 3.05) is 6.54 Å². The highest BCUT2D eigenvalue weighted by Crippen LogP contribution is 2.36. The molecule has 2 heterocycles. The lowest BCUT2D eigenvalue weighted by atomic mass is 9.91. The summed E-state index contributed by atoms with van der Waals surface area (Å²) < 4.78 is 39.8. The van der Waals surface area contributed by atoms with E-state index in [4.69, 9.17) is 11.6 Å². The number of carbonyl (C=O) groups is 1. The van der Waals surface area contributed by atoms with Gasteiger partial charge in [-0.15, -0.1) is 0 Å². The van der Waals surface area contributed by atoms with Crippen molar-refractivity contribution < 1.29 is 18.0 Å². The van der Waals surface area contributed by atoms with Crippen molar-refractivity contribution in [2.24, 2.45) is 0 Å². The van der Waals surface area contributed by atoms with Crippen LogP contribution in [0, 0.1) is 0 Å². The Morgan fingerprint density at radius 2 is 1.97 bits per heavy atom. The summed E-state index contributed by atoms with van der Waals surface area (Å²) in [4.78, 5) is 21.5. The molecule has 4 rings (SSSR count). The Morgan fingerprint density at radius 1 is 1.15 bits per heavy atom. The van der Waals surface area contributed by atoms with Crippen LogP contribution in [0.25, 0.3) is 11.3 Å². The molecule has 172 valence electrons. The van der Waals surface area contributed by atoms with Crippen molar-refractivity contribution in [3.05, 3.63) is 82.8 Å². The van der Waals surface area contributed by atoms with Crippen LogP contribution in [0.1, 0.15) is 46.8 Å². The first-order valence-electron chi connectivity index (χ1n) is 10.6. The van der Waals surface area contributed by atoms with Crippen molar-refractivity contribution in [3.63, 3.8) is 0 Å². The summed E-state index contributed by atoms with van der Waals surface area (Å²) in [6.07, 6.45) is 3.00. The lowest BCUT2D eigenvalue weighted by molar-refractivity contribution is -0.137. The molecule has 2 atom stereocenters. The molecule has 5 nitrogen and oxygen atoms in total. The first-order valence-corrected chi connectivity index (χ1v) is 11.0. The first-order chi connectivity index (χ1) is 15.8. The molecule has 1 aliphatic heterocycles. The van der Waals surface area contributed by atoms with E-state index in [2.05, 4.69) is 20.6 Å². The van der Waals surface area contributed by atoms with Crippen LogP contribution >= 0.6 is 11.6 Å². The lowest BCUT2D eigenvalue weighted by Gasteiger charge is -2.32. The van der Waals surface area contributed by atoms with Crippen LogP contribution in [-0.4, -0.2) is 28.5 Å². The van der Waals surface area contributed by atoms with Crippen LogP contribution in [0.3, 0.4) is 0 Å². The van der Waals surface area contributed by atoms with Gasteiger partial charge in [0.05, 0.1) is 34.1 Å². The van der Waals surface area contributed by atoms with Gasteiger partial charge in [0, 0.05) is 24.0 Å². The smallest absolute Gasteiger partial charge is 0.344 e. The van der Waals surface area contributed by atoms with Gasteiger partial charge in [-0.05, 0) is 43.1 Å². The molecule has 0 bridgehead atoms. The quantitative estimate of drug-likeness (QED) is 0.517. The van der Waals surface area contributed by atoms with Crippen LogP contribution in [0.5, 0.6) is 0 Å². The monoisotopic (exact) mass is 474 g/mol. The normalized spacial score (nSPS) is 17.4. The number of nitrogens with one attached hydrogen (secondary N) is 2. The van der Waals surface area contributed by atoms with Crippen LogP contribution < -0.4 is 10.6 Å². The van der Waals surface area contributed by atoms with Gasteiger partial charge in [-0.3, -0.25) is 14.8 Å². The first kappa shape index (κ1) is 23.2. The molecule has 0 aliphatic carbocycles. The van der Waals surface area contributed by atoms with Gasteiger partial charge in [0.15, 0.2) is 0 Å². The van der Waals surface area contributed by atoms with Gasteiger partial charge >= 0.3 is 6.18 Å². The summed E-state index contributed by atoms with van der Waals surface area (Å²) in [5.41, 5.74) is 1.08. The predicted octanol–water partition coefficient (Wildman–Crippen LogP) is 5.43. The molecule has 9 heteroatoms. The van der Waals surface area contributed by atoms with Gasteiger partial charge in [-0.1, -0.05) is 42.3 Å². The zero-order valence-electron chi connectivity index (χ0n) is 17.6. The summed E-state index contributed by atoms with van der Waals surface area (Å²) >= 11 is 6.00. The highest BCUT2D eigenvalue weighted by atomic mass is 35.5. The summed E-state index contributed by atoms with van der Waals surface area (Å²) in [6.45, 7) is 0.797. The van der Waals surface area contributed by atoms with E-state index in [-0.39, 0.29) is 11.6 Å². The Hall–Kier alpha value is -2.97. The Bertz CT molecular complexity index is 1120. The average molecular weight is 475 g/mol. The van der Waals surface area contributed by atoms with E-state index in [0.29, 0.717) is 5.69 Å². The van der Waals surface area contributed by atoms with Gasteiger partial charge in [0.1, 0.15) is 0 Å². The fourth-order valence-corrected chi connectivity index (χ4v) is 4.38. The van der Waals surface area contributed by atoms with Gasteiger partial charge < -0.3 is 10.6 Å². The molecule has 0 saturated carbocycles. The van der Waals surface area contributed by atoms with E-state index in [1.54, 1.807) is 18.6 Å². The van der Waals surface area contributed by atoms with Crippen molar-refractivity contribution in [1.82, 2.24) is 20.6 Å². The third kappa shape index (κ3) is 5.34. The van der Waals surface area contributed by atoms with Crippen LogP contribution in [0.2, 0.25) is 5.02 Å². The third-order valence-corrected chi connectivity index (χ3v) is 6.10. The molecule has 1 aliphatic rings. The van der Waals surface area contributed by atoms with Crippen molar-refractivity contribution in [1.29, 1.82) is 0 Å². The molecule has 1 fully saturated rings. The SMILES string of the molecule is O=C(N[C@@H](c1cccc(-c2cnccn2)c1)C1CCCCN1)c1cccc(C(F)(F)F)c1Cl. The molecule has 1 saturated heterocycles. The molecule has 3 aromatic rings. The number of hydrogen-bond acceptors (Lipinski definition) is 4. The summed E-state index contributed by atoms with van der Waals surface area (Å²) in [5, 5.41) is 5.75. The number of alkyl halides is 3. The van der Waals surface area contributed by atoms with Crippen LogP contribution in [-0.2, 0) is 6.18 Å². The maximum absolute atomic E-state index is 13.3. The van der Waals surface area contributed by atoms with Gasteiger partial charge in [0.2, 0.25) is 0 Å². The topological polar surface area (TPSA) is 66.9 Å². The Balaban J connectivity index is 1.68. The Morgan fingerprint density at radius 3 is 2.67 bits per heavy atom. The van der Waals surface area contributed by atoms with Gasteiger partial charge in [0.25, 0.3) is 5.91 Å². The Kier molecular flexibility index (Phi) is 6.95. The van der Waals surface area contributed by atoms with E-state index in [1.165, 1.54) is 12.1 Å². The van der Waals surface area contributed by atoms with Crippen LogP contribution in [0.15, 0.2) is 61.1 Å². The molecular weight excluding hydrogens is 453 g/mol. The maximum Gasteiger partial charge on any atom is 0.417 e. The molecule has 2 N–H and O–H groups in total. The maximum atomic E-state index is 13.3. The number of nitrogens with zero attached hydrogens (tertiary/aromatic N) is 2. The molecule has 1 amide bonds. The van der Waals surface area contributed by atoms with Crippen molar-refractivity contribution >= 4 is 17.5 Å². The average Bonchev–Trinajstić information content (AvgIpc) is 2.83. The van der Waals surface area contributed by atoms with Crippen LogP contribution in [0.4, 0.5) is 13.2 Å². The second kappa shape index (κ2) is 9.89. The summed E-state index contributed by atoms with van der Waals surface area (Å²) in [6, 6.07) is 10.4. The standard InChI is InChI=1S/C24H22ClF3N4O/c25-21-17(7-4-8-18(21)24(26,27)28)23(33)32-22(19-9-1-2-10-30-19)16-6-3-5-15(13-16)20-14-29-11-12-31-20/h3-8,11-14,19,22,30H,1-2,9-10H2,(H,32,33)/t19?,22-/m0/s1. The second-order valence-electron chi connectivity index (χ2n) is 7.89. The van der Waals surface area contributed by atoms with Gasteiger partial charge in [-0.2, -0.15) is 13.2 Å². The number of hydrogen-bond donors (Lipinski definition) is 2. The number of piperidine rings is 1. The minimum absolute atomic E-state index is 0.0793. The minimum atomic E-state index is -4.65. The second-order valence-corrected chi connectivity index (χ2v) is 8.27. The molecule has 0 radical (unpaired) electrons. The number of amides is 1. The van der Waals surface area contributed by atoms with E-state index < -0.39 is 28.7 Å². The third-order valence-electron chi connectivity index (χ3n) is 5.69. The van der Waals surface area contributed by atoms with E-state index in [1.807, 2.05) is 24.3 Å². The largest absolute Gasteiger partial charge is 0.417 e. The zero-order chi connectivity index (χ0) is 23.4. The van der Waals surface area contributed by atoms with E-state index in [0.717, 1.165) is 43.0 Å². The fraction of sp³-hybridized carbons (Fsp3) is 0.292. The number of carbonyl (C=O) groups excluding carboxylic acids is 1. The summed E-state index contributed by atoms with van der Waals surface area (Å²) in [7, 11) is 0. The zero-order valence-corrected chi connectivity index (χ0v) is 18.3. The molecule has 2 aromatic carbocycles. The van der Waals surface area contributed by atoms with E-state index in [9.17, 15) is 18.0 Å². The Labute approximate surface area is 194 Å². The molecular formula is C24H22ClF3N4O. The number of benzene rings is 2. The van der Waals surface area contributed by atoms with Crippen molar-refractivity contribution in [3.8, 4) is 11.3 Å². The fourth-order valence-electron chi connectivity index (χ4n) is 4.06. The highest BCUT2D eigenvalue weighted by Gasteiger charge is 2.35. The molecule has 33 heavy (non-hydrogen) atoms. The lowest BCUT2D eigenvalue weighted by Crippen LogP contribution is -2.46. The van der Waals surface area contributed by atoms with Gasteiger partial charge in [-0.25, -0.2) is 0 Å². The highest BCUT2D eigenvalue weighted by molar-refractivity contribution is 6.34. The molecule has 1 unspecified atom stereocenters. The predicted molar refractivity (Wildman–Crippen MR) is 120 cm³/mol. The molecule has 1 aromatic heterocycles. The summed E-state index contributed by atoms with van der Waals surface area (Å²) in [5.74, 6) is -0.659.